The molecule has 0 bridgehead atoms. The summed E-state index contributed by atoms with van der Waals surface area (Å²) in [6, 6.07) is 6.97. The molecule has 0 aliphatic carbocycles. The fraction of sp³-hybridized carbons (Fsp3) is 0.158. The van der Waals surface area contributed by atoms with E-state index in [0.717, 1.165) is 11.3 Å². The average Bonchev–Trinajstić information content (AvgIpc) is 3.31. The lowest BCUT2D eigenvalue weighted by Crippen LogP contribution is -2.22. The summed E-state index contributed by atoms with van der Waals surface area (Å²) in [4.78, 5) is 27.8. The molecule has 0 spiro atoms. The van der Waals surface area contributed by atoms with Crippen LogP contribution in [0.1, 0.15) is 17.7 Å². The van der Waals surface area contributed by atoms with Gasteiger partial charge in [-0.15, -0.1) is 11.3 Å². The van der Waals surface area contributed by atoms with Gasteiger partial charge >= 0.3 is 12.1 Å². The molecule has 3 aromatic rings. The molecule has 0 atom stereocenters. The highest BCUT2D eigenvalue weighted by Gasteiger charge is 2.35. The monoisotopic (exact) mass is 484 g/mol. The zero-order valence-corrected chi connectivity index (χ0v) is 17.8. The Morgan fingerprint density at radius 3 is 2.53 bits per heavy atom. The number of aromatic nitrogens is 3. The van der Waals surface area contributed by atoms with E-state index in [1.54, 1.807) is 23.6 Å². The third kappa shape index (κ3) is 5.88. The highest BCUT2D eigenvalue weighted by molar-refractivity contribution is 7.91. The Labute approximate surface area is 184 Å². The van der Waals surface area contributed by atoms with E-state index in [4.69, 9.17) is 4.84 Å². The molecule has 0 aromatic carbocycles. The zero-order valence-electron chi connectivity index (χ0n) is 16.2. The Hall–Kier alpha value is -3.32. The van der Waals surface area contributed by atoms with Crippen LogP contribution in [0.2, 0.25) is 0 Å². The third-order valence-electron chi connectivity index (χ3n) is 3.94. The highest BCUT2D eigenvalue weighted by Crippen LogP contribution is 2.32. The van der Waals surface area contributed by atoms with Crippen LogP contribution >= 0.6 is 11.3 Å². The third-order valence-corrected chi connectivity index (χ3v) is 6.31. The summed E-state index contributed by atoms with van der Waals surface area (Å²) in [5, 5.41) is 0.597. The van der Waals surface area contributed by atoms with Gasteiger partial charge in [-0.05, 0) is 29.6 Å². The fourth-order valence-corrected chi connectivity index (χ4v) is 4.13. The maximum atomic E-state index is 13.2. The smallest absolute Gasteiger partial charge is 0.343 e. The van der Waals surface area contributed by atoms with Crippen LogP contribution in [0.25, 0.3) is 16.3 Å². The number of sulfone groups is 1. The number of alkyl halides is 3. The van der Waals surface area contributed by atoms with Gasteiger partial charge in [0.25, 0.3) is 0 Å². The molecule has 0 saturated heterocycles. The van der Waals surface area contributed by atoms with Crippen molar-refractivity contribution in [2.24, 2.45) is 0 Å². The molecule has 0 radical (unpaired) electrons. The van der Waals surface area contributed by atoms with Gasteiger partial charge < -0.3 is 4.84 Å². The normalized spacial score (nSPS) is 11.7. The molecule has 0 aliphatic heterocycles. The number of nitrogens with one attached hydrogen (secondary N) is 1. The second-order valence-electron chi connectivity index (χ2n) is 6.26. The van der Waals surface area contributed by atoms with Crippen molar-refractivity contribution in [1.29, 1.82) is 0 Å². The van der Waals surface area contributed by atoms with Crippen LogP contribution in [0.3, 0.4) is 0 Å². The fourth-order valence-electron chi connectivity index (χ4n) is 2.35. The summed E-state index contributed by atoms with van der Waals surface area (Å²) in [5.41, 5.74) is 1.52. The second-order valence-corrected chi connectivity index (χ2v) is 9.21. The molecule has 0 unspecified atom stereocenters. The molecule has 0 fully saturated rings. The Bertz CT molecular complexity index is 1220. The van der Waals surface area contributed by atoms with E-state index in [-0.39, 0.29) is 11.4 Å². The molecule has 3 rings (SSSR count). The number of carbonyl (C=O) groups is 1. The number of hydroxylamine groups is 1. The predicted octanol–water partition coefficient (Wildman–Crippen LogP) is 3.50. The summed E-state index contributed by atoms with van der Waals surface area (Å²) >= 11 is 1.09. The van der Waals surface area contributed by atoms with Gasteiger partial charge in [-0.2, -0.15) is 13.2 Å². The quantitative estimate of drug-likeness (QED) is 0.382. The van der Waals surface area contributed by atoms with Gasteiger partial charge in [0.15, 0.2) is 0 Å². The first-order valence-corrected chi connectivity index (χ1v) is 11.4. The molecule has 0 amide bonds. The number of hydrogen-bond donors (Lipinski definition) is 1. The standard InChI is InChI=1S/C19H15F3N4O4S2/c1-12(13-4-7-23-8-5-13)26-30-17(27)6-10-32(28,29)18-24-14(15-3-2-9-31-15)11-16(25-18)19(20,21)22/h2-5,7-9,11,26H,1,6,10H2. The largest absolute Gasteiger partial charge is 0.433 e. The Morgan fingerprint density at radius 2 is 1.91 bits per heavy atom. The summed E-state index contributed by atoms with van der Waals surface area (Å²) < 4.78 is 64.8. The molecule has 0 saturated carbocycles. The van der Waals surface area contributed by atoms with E-state index in [2.05, 4.69) is 27.0 Å². The molecule has 0 aliphatic rings. The zero-order chi connectivity index (χ0) is 23.4. The number of nitrogens with zero attached hydrogens (tertiary/aromatic N) is 3. The number of halogens is 3. The lowest BCUT2D eigenvalue weighted by Gasteiger charge is -2.11. The van der Waals surface area contributed by atoms with Crippen molar-refractivity contribution in [2.75, 3.05) is 5.75 Å². The highest BCUT2D eigenvalue weighted by atomic mass is 32.2. The second kappa shape index (κ2) is 9.44. The Balaban J connectivity index is 1.71. The van der Waals surface area contributed by atoms with Crippen LogP contribution in [0, 0.1) is 0 Å². The van der Waals surface area contributed by atoms with Gasteiger partial charge in [0.2, 0.25) is 15.0 Å². The number of carbonyl (C=O) groups excluding carboxylic acids is 1. The molecule has 1 N–H and O–H groups in total. The SMILES string of the molecule is C=C(NOC(=O)CCS(=O)(=O)c1nc(-c2cccs2)cc(C(F)(F)F)n1)c1ccncc1. The van der Waals surface area contributed by atoms with Crippen LogP contribution in [0.4, 0.5) is 13.2 Å². The summed E-state index contributed by atoms with van der Waals surface area (Å²) in [6.45, 7) is 3.66. The maximum absolute atomic E-state index is 13.2. The summed E-state index contributed by atoms with van der Waals surface area (Å²) in [7, 11) is -4.42. The first-order valence-electron chi connectivity index (χ1n) is 8.84. The number of pyridine rings is 1. The molecule has 13 heteroatoms. The van der Waals surface area contributed by atoms with Gasteiger partial charge in [-0.1, -0.05) is 12.6 Å². The number of rotatable bonds is 8. The van der Waals surface area contributed by atoms with Gasteiger partial charge in [0.05, 0.1) is 28.4 Å². The van der Waals surface area contributed by atoms with Crippen molar-refractivity contribution in [3.05, 3.63) is 65.9 Å². The van der Waals surface area contributed by atoms with Crippen LogP contribution in [-0.2, 0) is 25.6 Å². The summed E-state index contributed by atoms with van der Waals surface area (Å²) in [6.07, 6.45) is -2.53. The minimum atomic E-state index is -4.88. The minimum Gasteiger partial charge on any atom is -0.343 e. The van der Waals surface area contributed by atoms with Gasteiger partial charge in [0, 0.05) is 18.0 Å². The van der Waals surface area contributed by atoms with Crippen LogP contribution in [-0.4, -0.2) is 35.1 Å². The number of thiophene rings is 1. The van der Waals surface area contributed by atoms with Gasteiger partial charge in [-0.3, -0.25) is 4.98 Å². The van der Waals surface area contributed by atoms with Gasteiger partial charge in [-0.25, -0.2) is 28.7 Å². The maximum Gasteiger partial charge on any atom is 0.433 e. The van der Waals surface area contributed by atoms with Crippen LogP contribution in [0.5, 0.6) is 0 Å². The van der Waals surface area contributed by atoms with Crippen molar-refractivity contribution in [1.82, 2.24) is 20.4 Å². The lowest BCUT2D eigenvalue weighted by atomic mass is 10.2. The van der Waals surface area contributed by atoms with E-state index in [1.807, 2.05) is 0 Å². The van der Waals surface area contributed by atoms with E-state index in [1.165, 1.54) is 18.5 Å². The van der Waals surface area contributed by atoms with Crippen molar-refractivity contribution in [3.63, 3.8) is 0 Å². The average molecular weight is 484 g/mol. The van der Waals surface area contributed by atoms with Crippen molar-refractivity contribution >= 4 is 32.8 Å². The molecular formula is C19H15F3N4O4S2. The lowest BCUT2D eigenvalue weighted by molar-refractivity contribution is -0.147. The van der Waals surface area contributed by atoms with Gasteiger partial charge in [0.1, 0.15) is 5.69 Å². The molecule has 3 heterocycles. The number of hydrogen-bond acceptors (Lipinski definition) is 9. The topological polar surface area (TPSA) is 111 Å². The van der Waals surface area contributed by atoms with Crippen LogP contribution in [0.15, 0.2) is 59.8 Å². The van der Waals surface area contributed by atoms with Crippen LogP contribution < -0.4 is 5.48 Å². The Morgan fingerprint density at radius 1 is 1.19 bits per heavy atom. The Kier molecular flexibility index (Phi) is 6.89. The predicted molar refractivity (Wildman–Crippen MR) is 110 cm³/mol. The molecule has 3 aromatic heterocycles. The molecule has 168 valence electrons. The van der Waals surface area contributed by atoms with E-state index >= 15 is 0 Å². The molecular weight excluding hydrogens is 469 g/mol. The van der Waals surface area contributed by atoms with Crippen molar-refractivity contribution < 1.29 is 31.2 Å². The van der Waals surface area contributed by atoms with E-state index in [9.17, 15) is 26.4 Å². The van der Waals surface area contributed by atoms with Crippen molar-refractivity contribution in [2.45, 2.75) is 17.8 Å². The van der Waals surface area contributed by atoms with E-state index in [0.29, 0.717) is 16.5 Å². The first kappa shape index (κ1) is 23.3. The first-order chi connectivity index (χ1) is 15.1. The molecule has 32 heavy (non-hydrogen) atoms. The minimum absolute atomic E-state index is 0.182. The van der Waals surface area contributed by atoms with E-state index < -0.39 is 45.0 Å². The van der Waals surface area contributed by atoms with Crippen molar-refractivity contribution in [3.8, 4) is 10.6 Å². The summed E-state index contributed by atoms with van der Waals surface area (Å²) in [5.74, 6) is -1.81. The molecule has 8 nitrogen and oxygen atoms in total.